The van der Waals surface area contributed by atoms with Crippen molar-refractivity contribution in [3.05, 3.63) is 0 Å². The maximum absolute atomic E-state index is 8.51. The maximum atomic E-state index is 8.51. The van der Waals surface area contributed by atoms with E-state index in [2.05, 4.69) is 17.9 Å². The lowest BCUT2D eigenvalue weighted by molar-refractivity contribution is 0.0790. The fourth-order valence-electron chi connectivity index (χ4n) is 1.48. The van der Waals surface area contributed by atoms with Crippen LogP contribution in [0, 0.1) is 11.3 Å². The van der Waals surface area contributed by atoms with Gasteiger partial charge >= 0.3 is 0 Å². The van der Waals surface area contributed by atoms with Crippen LogP contribution >= 0.6 is 0 Å². The Bertz CT molecular complexity index is 158. The molecule has 0 radical (unpaired) electrons. The Kier molecular flexibility index (Phi) is 4.06. The van der Waals surface area contributed by atoms with Crippen LogP contribution in [0.4, 0.5) is 0 Å². The van der Waals surface area contributed by atoms with Crippen LogP contribution in [0.5, 0.6) is 0 Å². The number of likely N-dealkylation sites (N-methyl/N-ethyl adjacent to an activating group) is 1. The van der Waals surface area contributed by atoms with E-state index in [9.17, 15) is 0 Å². The molecule has 1 unspecified atom stereocenters. The molecule has 1 aliphatic rings. The van der Waals surface area contributed by atoms with Crippen molar-refractivity contribution in [2.75, 3.05) is 26.2 Å². The third kappa shape index (κ3) is 2.80. The summed E-state index contributed by atoms with van der Waals surface area (Å²) in [5, 5.41) is 8.51. The molecule has 1 rings (SSSR count). The summed E-state index contributed by atoms with van der Waals surface area (Å²) < 4.78 is 5.48. The van der Waals surface area contributed by atoms with Crippen molar-refractivity contribution in [1.82, 2.24) is 4.90 Å². The first-order chi connectivity index (χ1) is 5.86. The van der Waals surface area contributed by atoms with Crippen LogP contribution in [0.3, 0.4) is 0 Å². The quantitative estimate of drug-likeness (QED) is 0.588. The summed E-state index contributed by atoms with van der Waals surface area (Å²) in [4.78, 5) is 2.12. The molecular weight excluding hydrogens is 152 g/mol. The van der Waals surface area contributed by atoms with Gasteiger partial charge in [0.1, 0.15) is 0 Å². The van der Waals surface area contributed by atoms with Crippen molar-refractivity contribution in [2.45, 2.75) is 25.9 Å². The van der Waals surface area contributed by atoms with Gasteiger partial charge in [0.2, 0.25) is 0 Å². The average Bonchev–Trinajstić information content (AvgIpc) is 2.56. The second-order valence-electron chi connectivity index (χ2n) is 3.12. The largest absolute Gasteiger partial charge is 0.377 e. The summed E-state index contributed by atoms with van der Waals surface area (Å²) >= 11 is 0. The van der Waals surface area contributed by atoms with E-state index in [0.29, 0.717) is 12.6 Å². The van der Waals surface area contributed by atoms with Crippen LogP contribution in [-0.4, -0.2) is 37.2 Å². The highest BCUT2D eigenvalue weighted by Gasteiger charge is 2.17. The van der Waals surface area contributed by atoms with E-state index in [1.165, 1.54) is 6.42 Å². The number of ether oxygens (including phenoxy) is 1. The zero-order chi connectivity index (χ0) is 8.81. The van der Waals surface area contributed by atoms with Crippen LogP contribution in [-0.2, 0) is 4.74 Å². The Balaban J connectivity index is 2.21. The number of hydrogen-bond acceptors (Lipinski definition) is 3. The number of nitrogens with zero attached hydrogens (tertiary/aromatic N) is 2. The Hall–Kier alpha value is -0.590. The molecule has 0 aromatic carbocycles. The van der Waals surface area contributed by atoms with Gasteiger partial charge in [-0.2, -0.15) is 5.26 Å². The number of hydrogen-bond donors (Lipinski definition) is 0. The highest BCUT2D eigenvalue weighted by atomic mass is 16.5. The van der Waals surface area contributed by atoms with Gasteiger partial charge in [-0.3, -0.25) is 4.90 Å². The lowest BCUT2D eigenvalue weighted by Gasteiger charge is -2.20. The lowest BCUT2D eigenvalue weighted by atomic mass is 10.2. The summed E-state index contributed by atoms with van der Waals surface area (Å²) in [5.74, 6) is 0. The van der Waals surface area contributed by atoms with Gasteiger partial charge in [0, 0.05) is 13.2 Å². The van der Waals surface area contributed by atoms with E-state index in [4.69, 9.17) is 10.00 Å². The highest BCUT2D eigenvalue weighted by molar-refractivity contribution is 4.78. The SMILES string of the molecule is CCN(CC#N)CC1CCCO1. The predicted molar refractivity (Wildman–Crippen MR) is 46.7 cm³/mol. The molecule has 0 aromatic rings. The normalized spacial score (nSPS) is 22.9. The van der Waals surface area contributed by atoms with Crippen LogP contribution in [0.1, 0.15) is 19.8 Å². The fraction of sp³-hybridized carbons (Fsp3) is 0.889. The van der Waals surface area contributed by atoms with Gasteiger partial charge in [-0.1, -0.05) is 6.92 Å². The molecule has 0 aromatic heterocycles. The van der Waals surface area contributed by atoms with Crippen molar-refractivity contribution in [2.24, 2.45) is 0 Å². The zero-order valence-corrected chi connectivity index (χ0v) is 7.62. The van der Waals surface area contributed by atoms with E-state index in [0.717, 1.165) is 26.1 Å². The first kappa shape index (κ1) is 9.50. The highest BCUT2D eigenvalue weighted by Crippen LogP contribution is 2.12. The smallest absolute Gasteiger partial charge is 0.0866 e. The van der Waals surface area contributed by atoms with Crippen LogP contribution in [0.15, 0.2) is 0 Å². The predicted octanol–water partition coefficient (Wildman–Crippen LogP) is 1.01. The molecule has 3 nitrogen and oxygen atoms in total. The molecule has 68 valence electrons. The van der Waals surface area contributed by atoms with E-state index in [-0.39, 0.29) is 0 Å². The Morgan fingerprint density at radius 1 is 1.67 bits per heavy atom. The lowest BCUT2D eigenvalue weighted by Crippen LogP contribution is -2.32. The van der Waals surface area contributed by atoms with E-state index in [1.807, 2.05) is 0 Å². The number of rotatable bonds is 4. The standard InChI is InChI=1S/C9H16N2O/c1-2-11(6-5-10)8-9-4-3-7-12-9/h9H,2-4,6-8H2,1H3. The molecule has 12 heavy (non-hydrogen) atoms. The zero-order valence-electron chi connectivity index (χ0n) is 7.62. The Morgan fingerprint density at radius 3 is 3.00 bits per heavy atom. The summed E-state index contributed by atoms with van der Waals surface area (Å²) in [5.41, 5.74) is 0. The van der Waals surface area contributed by atoms with Crippen molar-refractivity contribution in [1.29, 1.82) is 5.26 Å². The van der Waals surface area contributed by atoms with Gasteiger partial charge in [-0.05, 0) is 19.4 Å². The Labute approximate surface area is 73.9 Å². The average molecular weight is 168 g/mol. The second kappa shape index (κ2) is 5.13. The van der Waals surface area contributed by atoms with Gasteiger partial charge in [-0.15, -0.1) is 0 Å². The summed E-state index contributed by atoms with van der Waals surface area (Å²) in [6.45, 7) is 5.36. The minimum absolute atomic E-state index is 0.373. The first-order valence-corrected chi connectivity index (χ1v) is 4.57. The van der Waals surface area contributed by atoms with E-state index in [1.54, 1.807) is 0 Å². The van der Waals surface area contributed by atoms with Gasteiger partial charge in [0.05, 0.1) is 18.7 Å². The molecule has 1 saturated heterocycles. The molecule has 0 aliphatic carbocycles. The van der Waals surface area contributed by atoms with Crippen molar-refractivity contribution in [3.63, 3.8) is 0 Å². The van der Waals surface area contributed by atoms with Gasteiger partial charge in [-0.25, -0.2) is 0 Å². The van der Waals surface area contributed by atoms with Crippen molar-refractivity contribution in [3.8, 4) is 6.07 Å². The number of nitriles is 1. The molecule has 0 saturated carbocycles. The molecule has 0 N–H and O–H groups in total. The van der Waals surface area contributed by atoms with Gasteiger partial charge in [0.15, 0.2) is 0 Å². The summed E-state index contributed by atoms with van der Waals surface area (Å²) in [7, 11) is 0. The molecule has 1 atom stereocenters. The molecule has 0 bridgehead atoms. The van der Waals surface area contributed by atoms with Crippen molar-refractivity contribution >= 4 is 0 Å². The topological polar surface area (TPSA) is 36.3 Å². The third-order valence-corrected chi connectivity index (χ3v) is 2.23. The van der Waals surface area contributed by atoms with Crippen molar-refractivity contribution < 1.29 is 4.74 Å². The molecule has 3 heteroatoms. The second-order valence-corrected chi connectivity index (χ2v) is 3.12. The van der Waals surface area contributed by atoms with Gasteiger partial charge < -0.3 is 4.74 Å². The molecule has 0 amide bonds. The maximum Gasteiger partial charge on any atom is 0.0866 e. The molecule has 1 aliphatic heterocycles. The van der Waals surface area contributed by atoms with Crippen LogP contribution in [0.2, 0.25) is 0 Å². The minimum atomic E-state index is 0.373. The first-order valence-electron chi connectivity index (χ1n) is 4.57. The summed E-state index contributed by atoms with van der Waals surface area (Å²) in [6, 6.07) is 2.16. The molecule has 1 heterocycles. The molecule has 1 fully saturated rings. The Morgan fingerprint density at radius 2 is 2.50 bits per heavy atom. The van der Waals surface area contributed by atoms with Gasteiger partial charge in [0.25, 0.3) is 0 Å². The minimum Gasteiger partial charge on any atom is -0.377 e. The van der Waals surface area contributed by atoms with Crippen LogP contribution in [0.25, 0.3) is 0 Å². The van der Waals surface area contributed by atoms with E-state index < -0.39 is 0 Å². The third-order valence-electron chi connectivity index (χ3n) is 2.23. The fourth-order valence-corrected chi connectivity index (χ4v) is 1.48. The molecular formula is C9H16N2O. The van der Waals surface area contributed by atoms with E-state index >= 15 is 0 Å². The summed E-state index contributed by atoms with van der Waals surface area (Å²) in [6.07, 6.45) is 2.70. The molecule has 0 spiro atoms. The monoisotopic (exact) mass is 168 g/mol. The van der Waals surface area contributed by atoms with Crippen LogP contribution < -0.4 is 0 Å².